The Hall–Kier alpha value is -0.690. The van der Waals surface area contributed by atoms with E-state index in [9.17, 15) is 0 Å². The van der Waals surface area contributed by atoms with E-state index in [1.807, 2.05) is 0 Å². The smallest absolute Gasteiger partial charge is 0.0257 e. The van der Waals surface area contributed by atoms with Crippen LogP contribution in [-0.2, 0) is 0 Å². The molecule has 3 heteroatoms. The van der Waals surface area contributed by atoms with Gasteiger partial charge in [0.15, 0.2) is 0 Å². The zero-order valence-corrected chi connectivity index (χ0v) is 8.16. The van der Waals surface area contributed by atoms with E-state index < -0.39 is 0 Å². The van der Waals surface area contributed by atoms with Crippen molar-refractivity contribution in [2.75, 3.05) is 6.54 Å². The SMILES string of the molecule is CC(C)CCCCCCN=[N+]=[N-]. The molecule has 0 heterocycles. The van der Waals surface area contributed by atoms with Crippen molar-refractivity contribution < 1.29 is 0 Å². The van der Waals surface area contributed by atoms with Gasteiger partial charge in [-0.1, -0.05) is 44.6 Å². The molecule has 0 aliphatic carbocycles. The summed E-state index contributed by atoms with van der Waals surface area (Å²) in [7, 11) is 0. The van der Waals surface area contributed by atoms with E-state index in [-0.39, 0.29) is 0 Å². The average molecular weight is 169 g/mol. The highest BCUT2D eigenvalue weighted by atomic mass is 15.1. The van der Waals surface area contributed by atoms with E-state index in [1.165, 1.54) is 25.7 Å². The van der Waals surface area contributed by atoms with Gasteiger partial charge in [0.1, 0.15) is 0 Å². The van der Waals surface area contributed by atoms with Gasteiger partial charge in [-0.05, 0) is 17.9 Å². The fraction of sp³-hybridized carbons (Fsp3) is 1.00. The Morgan fingerprint density at radius 3 is 2.42 bits per heavy atom. The topological polar surface area (TPSA) is 48.8 Å². The summed E-state index contributed by atoms with van der Waals surface area (Å²) in [4.78, 5) is 2.71. The Kier molecular flexibility index (Phi) is 7.92. The van der Waals surface area contributed by atoms with Crippen molar-refractivity contribution in [3.05, 3.63) is 10.4 Å². The van der Waals surface area contributed by atoms with Gasteiger partial charge in [0.25, 0.3) is 0 Å². The van der Waals surface area contributed by atoms with Crippen LogP contribution < -0.4 is 0 Å². The lowest BCUT2D eigenvalue weighted by atomic mass is 10.0. The molecule has 0 N–H and O–H groups in total. The first-order valence-corrected chi connectivity index (χ1v) is 4.78. The van der Waals surface area contributed by atoms with E-state index >= 15 is 0 Å². The molecule has 0 saturated heterocycles. The minimum Gasteiger partial charge on any atom is -0.0940 e. The van der Waals surface area contributed by atoms with Gasteiger partial charge in [0.2, 0.25) is 0 Å². The van der Waals surface area contributed by atoms with Gasteiger partial charge < -0.3 is 0 Å². The first-order chi connectivity index (χ1) is 5.77. The average Bonchev–Trinajstić information content (AvgIpc) is 2.02. The maximum absolute atomic E-state index is 8.00. The maximum Gasteiger partial charge on any atom is 0.0257 e. The molecule has 12 heavy (non-hydrogen) atoms. The molecule has 0 fully saturated rings. The molecular weight excluding hydrogens is 150 g/mol. The van der Waals surface area contributed by atoms with E-state index in [2.05, 4.69) is 23.9 Å². The number of rotatable bonds is 7. The zero-order chi connectivity index (χ0) is 9.23. The monoisotopic (exact) mass is 169 g/mol. The second kappa shape index (κ2) is 8.41. The minimum absolute atomic E-state index is 0.665. The highest BCUT2D eigenvalue weighted by Crippen LogP contribution is 2.09. The highest BCUT2D eigenvalue weighted by Gasteiger charge is 1.93. The van der Waals surface area contributed by atoms with Crippen LogP contribution >= 0.6 is 0 Å². The van der Waals surface area contributed by atoms with Crippen LogP contribution in [0.25, 0.3) is 10.4 Å². The summed E-state index contributed by atoms with van der Waals surface area (Å²) in [6.45, 7) is 5.16. The van der Waals surface area contributed by atoms with Crippen molar-refractivity contribution >= 4 is 0 Å². The fourth-order valence-electron chi connectivity index (χ4n) is 1.13. The van der Waals surface area contributed by atoms with Crippen LogP contribution in [0.3, 0.4) is 0 Å². The molecule has 0 aromatic carbocycles. The largest absolute Gasteiger partial charge is 0.0940 e. The van der Waals surface area contributed by atoms with Crippen LogP contribution in [0.15, 0.2) is 5.11 Å². The lowest BCUT2D eigenvalue weighted by Gasteiger charge is -2.02. The maximum atomic E-state index is 8.00. The molecule has 0 radical (unpaired) electrons. The van der Waals surface area contributed by atoms with Gasteiger partial charge in [-0.15, -0.1) is 0 Å². The van der Waals surface area contributed by atoms with Crippen LogP contribution in [0.4, 0.5) is 0 Å². The number of unbranched alkanes of at least 4 members (excludes halogenated alkanes) is 3. The highest BCUT2D eigenvalue weighted by molar-refractivity contribution is 4.50. The Morgan fingerprint density at radius 2 is 1.83 bits per heavy atom. The third kappa shape index (κ3) is 9.31. The minimum atomic E-state index is 0.665. The Morgan fingerprint density at radius 1 is 1.17 bits per heavy atom. The molecule has 0 amide bonds. The molecule has 3 nitrogen and oxygen atoms in total. The fourth-order valence-corrected chi connectivity index (χ4v) is 1.13. The molecule has 0 unspecified atom stereocenters. The third-order valence-electron chi connectivity index (χ3n) is 1.85. The summed E-state index contributed by atoms with van der Waals surface area (Å²) in [5.74, 6) is 0.821. The van der Waals surface area contributed by atoms with Crippen LogP contribution in [0.2, 0.25) is 0 Å². The molecular formula is C9H19N3. The molecule has 0 aromatic heterocycles. The number of azide groups is 1. The molecule has 0 aliphatic heterocycles. The second-order valence-electron chi connectivity index (χ2n) is 3.55. The van der Waals surface area contributed by atoms with Gasteiger partial charge in [0, 0.05) is 11.5 Å². The Bertz CT molecular complexity index is 137. The Labute approximate surface area is 74.8 Å². The third-order valence-corrected chi connectivity index (χ3v) is 1.85. The molecule has 0 aliphatic rings. The van der Waals surface area contributed by atoms with Gasteiger partial charge in [-0.2, -0.15) is 0 Å². The van der Waals surface area contributed by atoms with Crippen molar-refractivity contribution in [1.29, 1.82) is 0 Å². The van der Waals surface area contributed by atoms with Crippen molar-refractivity contribution in [3.63, 3.8) is 0 Å². The molecule has 0 bridgehead atoms. The van der Waals surface area contributed by atoms with Crippen molar-refractivity contribution in [2.45, 2.75) is 46.0 Å². The zero-order valence-electron chi connectivity index (χ0n) is 8.16. The number of hydrogen-bond donors (Lipinski definition) is 0. The summed E-state index contributed by atoms with van der Waals surface area (Å²) in [6, 6.07) is 0. The molecule has 0 saturated carbocycles. The molecule has 0 atom stereocenters. The predicted octanol–water partition coefficient (Wildman–Crippen LogP) is 3.90. The van der Waals surface area contributed by atoms with Gasteiger partial charge in [-0.3, -0.25) is 0 Å². The van der Waals surface area contributed by atoms with E-state index in [0.29, 0.717) is 6.54 Å². The summed E-state index contributed by atoms with van der Waals surface area (Å²) in [6.07, 6.45) is 6.16. The van der Waals surface area contributed by atoms with Gasteiger partial charge in [-0.25, -0.2) is 0 Å². The molecule has 0 rings (SSSR count). The van der Waals surface area contributed by atoms with Crippen molar-refractivity contribution in [1.82, 2.24) is 0 Å². The summed E-state index contributed by atoms with van der Waals surface area (Å²) in [5, 5.41) is 3.49. The second-order valence-corrected chi connectivity index (χ2v) is 3.55. The molecule has 0 spiro atoms. The molecule has 70 valence electrons. The summed E-state index contributed by atoms with van der Waals surface area (Å²) >= 11 is 0. The lowest BCUT2D eigenvalue weighted by Crippen LogP contribution is -1.87. The predicted molar refractivity (Wildman–Crippen MR) is 51.9 cm³/mol. The van der Waals surface area contributed by atoms with E-state index in [4.69, 9.17) is 5.53 Å². The standard InChI is InChI=1S/C9H19N3/c1-9(2)7-5-3-4-6-8-11-12-10/h9H,3-8H2,1-2H3. The van der Waals surface area contributed by atoms with Crippen molar-refractivity contribution in [3.8, 4) is 0 Å². The lowest BCUT2D eigenvalue weighted by molar-refractivity contribution is 0.521. The summed E-state index contributed by atoms with van der Waals surface area (Å²) in [5.41, 5.74) is 8.00. The van der Waals surface area contributed by atoms with Crippen LogP contribution in [0.5, 0.6) is 0 Å². The van der Waals surface area contributed by atoms with Crippen molar-refractivity contribution in [2.24, 2.45) is 11.0 Å². The van der Waals surface area contributed by atoms with Crippen LogP contribution in [-0.4, -0.2) is 6.54 Å². The normalized spacial score (nSPS) is 9.92. The number of nitrogens with zero attached hydrogens (tertiary/aromatic N) is 3. The Balaban J connectivity index is 2.95. The number of hydrogen-bond acceptors (Lipinski definition) is 1. The van der Waals surface area contributed by atoms with Crippen LogP contribution in [0, 0.1) is 5.92 Å². The quantitative estimate of drug-likeness (QED) is 0.240. The van der Waals surface area contributed by atoms with Gasteiger partial charge >= 0.3 is 0 Å². The molecule has 0 aromatic rings. The first kappa shape index (κ1) is 11.3. The summed E-state index contributed by atoms with van der Waals surface area (Å²) < 4.78 is 0. The van der Waals surface area contributed by atoms with Crippen LogP contribution in [0.1, 0.15) is 46.0 Å². The first-order valence-electron chi connectivity index (χ1n) is 4.78. The van der Waals surface area contributed by atoms with E-state index in [0.717, 1.165) is 12.3 Å². The van der Waals surface area contributed by atoms with Gasteiger partial charge in [0.05, 0.1) is 0 Å². The van der Waals surface area contributed by atoms with E-state index in [1.54, 1.807) is 0 Å².